The third-order valence-corrected chi connectivity index (χ3v) is 4.35. The van der Waals surface area contributed by atoms with Gasteiger partial charge >= 0.3 is 0 Å². The van der Waals surface area contributed by atoms with Crippen LogP contribution in [0.3, 0.4) is 0 Å². The molecular weight excluding hydrogens is 348 g/mol. The SMILES string of the molecule is CC[C@@H](NC(=O)c1ccc(NS(C)(=O)=O)c(Cl)c1)c1ccccc1. The Labute approximate surface area is 147 Å². The number of rotatable bonds is 6. The van der Waals surface area contributed by atoms with Gasteiger partial charge in [0.25, 0.3) is 5.91 Å². The van der Waals surface area contributed by atoms with E-state index >= 15 is 0 Å². The van der Waals surface area contributed by atoms with Crippen LogP contribution in [0.4, 0.5) is 5.69 Å². The van der Waals surface area contributed by atoms with Gasteiger partial charge in [-0.25, -0.2) is 8.42 Å². The van der Waals surface area contributed by atoms with Gasteiger partial charge in [0.2, 0.25) is 10.0 Å². The summed E-state index contributed by atoms with van der Waals surface area (Å²) in [7, 11) is -3.43. The van der Waals surface area contributed by atoms with Gasteiger partial charge in [0.1, 0.15) is 0 Å². The van der Waals surface area contributed by atoms with Gasteiger partial charge in [-0.3, -0.25) is 9.52 Å². The highest BCUT2D eigenvalue weighted by Crippen LogP contribution is 2.24. The van der Waals surface area contributed by atoms with Crippen molar-refractivity contribution in [3.63, 3.8) is 0 Å². The van der Waals surface area contributed by atoms with Crippen molar-refractivity contribution < 1.29 is 13.2 Å². The first-order valence-electron chi connectivity index (χ1n) is 7.43. The summed E-state index contributed by atoms with van der Waals surface area (Å²) in [6.45, 7) is 1.99. The van der Waals surface area contributed by atoms with E-state index in [1.165, 1.54) is 18.2 Å². The monoisotopic (exact) mass is 366 g/mol. The van der Waals surface area contributed by atoms with Crippen molar-refractivity contribution in [3.8, 4) is 0 Å². The molecule has 1 atom stereocenters. The summed E-state index contributed by atoms with van der Waals surface area (Å²) in [5.41, 5.74) is 1.63. The second kappa shape index (κ2) is 7.68. The van der Waals surface area contributed by atoms with Crippen LogP contribution in [0.5, 0.6) is 0 Å². The van der Waals surface area contributed by atoms with Gasteiger partial charge in [-0.2, -0.15) is 0 Å². The summed E-state index contributed by atoms with van der Waals surface area (Å²) < 4.78 is 24.8. The Morgan fingerprint density at radius 3 is 2.38 bits per heavy atom. The van der Waals surface area contributed by atoms with Gasteiger partial charge < -0.3 is 5.32 Å². The Balaban J connectivity index is 2.16. The van der Waals surface area contributed by atoms with E-state index in [-0.39, 0.29) is 22.7 Å². The van der Waals surface area contributed by atoms with Gasteiger partial charge in [-0.15, -0.1) is 0 Å². The molecular formula is C17H19ClN2O3S. The molecule has 0 aliphatic rings. The molecule has 0 fully saturated rings. The molecule has 0 heterocycles. The first-order valence-corrected chi connectivity index (χ1v) is 9.70. The van der Waals surface area contributed by atoms with Crippen LogP contribution in [0, 0.1) is 0 Å². The highest BCUT2D eigenvalue weighted by molar-refractivity contribution is 7.92. The summed E-state index contributed by atoms with van der Waals surface area (Å²) in [5.74, 6) is -0.265. The van der Waals surface area contributed by atoms with Gasteiger partial charge in [0.15, 0.2) is 0 Å². The summed E-state index contributed by atoms with van der Waals surface area (Å²) in [5, 5.41) is 3.13. The van der Waals surface area contributed by atoms with Crippen molar-refractivity contribution in [2.45, 2.75) is 19.4 Å². The summed E-state index contributed by atoms with van der Waals surface area (Å²) in [6.07, 6.45) is 1.78. The summed E-state index contributed by atoms with van der Waals surface area (Å²) >= 11 is 6.06. The van der Waals surface area contributed by atoms with E-state index in [9.17, 15) is 13.2 Å². The maximum atomic E-state index is 12.4. The zero-order chi connectivity index (χ0) is 17.7. The third kappa shape index (κ3) is 4.97. The lowest BCUT2D eigenvalue weighted by Gasteiger charge is -2.18. The average Bonchev–Trinajstić information content (AvgIpc) is 2.54. The highest BCUT2D eigenvalue weighted by Gasteiger charge is 2.15. The number of halogens is 1. The largest absolute Gasteiger partial charge is 0.345 e. The molecule has 1 amide bonds. The number of nitrogens with one attached hydrogen (secondary N) is 2. The number of benzene rings is 2. The second-order valence-electron chi connectivity index (χ2n) is 5.41. The number of hydrogen-bond acceptors (Lipinski definition) is 3. The van der Waals surface area contributed by atoms with E-state index in [0.717, 1.165) is 18.2 Å². The van der Waals surface area contributed by atoms with Gasteiger partial charge in [-0.1, -0.05) is 48.9 Å². The fraction of sp³-hybridized carbons (Fsp3) is 0.235. The van der Waals surface area contributed by atoms with Crippen LogP contribution in [0.1, 0.15) is 35.3 Å². The molecule has 24 heavy (non-hydrogen) atoms. The molecule has 128 valence electrons. The quantitative estimate of drug-likeness (QED) is 0.820. The van der Waals surface area contributed by atoms with Crippen LogP contribution >= 0.6 is 11.6 Å². The minimum atomic E-state index is -3.43. The number of sulfonamides is 1. The minimum absolute atomic E-state index is 0.105. The molecule has 0 saturated carbocycles. The lowest BCUT2D eigenvalue weighted by molar-refractivity contribution is 0.0935. The summed E-state index contributed by atoms with van der Waals surface area (Å²) in [4.78, 5) is 12.4. The Morgan fingerprint density at radius 2 is 1.83 bits per heavy atom. The lowest BCUT2D eigenvalue weighted by atomic mass is 10.0. The molecule has 0 unspecified atom stereocenters. The van der Waals surface area contributed by atoms with Crippen LogP contribution in [0.15, 0.2) is 48.5 Å². The minimum Gasteiger partial charge on any atom is -0.345 e. The van der Waals surface area contributed by atoms with Crippen molar-refractivity contribution in [1.29, 1.82) is 0 Å². The average molecular weight is 367 g/mol. The van der Waals surface area contributed by atoms with Crippen LogP contribution in [0.25, 0.3) is 0 Å². The number of carbonyl (C=O) groups excluding carboxylic acids is 1. The third-order valence-electron chi connectivity index (χ3n) is 3.44. The molecule has 0 aliphatic heterocycles. The molecule has 7 heteroatoms. The molecule has 2 aromatic carbocycles. The summed E-state index contributed by atoms with van der Waals surface area (Å²) in [6, 6.07) is 14.0. The fourth-order valence-electron chi connectivity index (χ4n) is 2.29. The Kier molecular flexibility index (Phi) is 5.85. The zero-order valence-corrected chi connectivity index (χ0v) is 15.0. The standard InChI is InChI=1S/C17H19ClN2O3S/c1-3-15(12-7-5-4-6-8-12)19-17(21)13-9-10-16(14(18)11-13)20-24(2,22)23/h4-11,15,20H,3H2,1-2H3,(H,19,21)/t15-/m1/s1. The highest BCUT2D eigenvalue weighted by atomic mass is 35.5. The van der Waals surface area contributed by atoms with Crippen molar-refractivity contribution in [1.82, 2.24) is 5.32 Å². The van der Waals surface area contributed by atoms with Crippen LogP contribution in [-0.4, -0.2) is 20.6 Å². The number of hydrogen-bond donors (Lipinski definition) is 2. The Hall–Kier alpha value is -2.05. The smallest absolute Gasteiger partial charge is 0.251 e. The van der Waals surface area contributed by atoms with Crippen LogP contribution in [0.2, 0.25) is 5.02 Å². The second-order valence-corrected chi connectivity index (χ2v) is 7.57. The van der Waals surface area contributed by atoms with Crippen LogP contribution in [-0.2, 0) is 10.0 Å². The van der Waals surface area contributed by atoms with E-state index in [0.29, 0.717) is 5.56 Å². The molecule has 0 saturated heterocycles. The van der Waals surface area contributed by atoms with Gasteiger partial charge in [-0.05, 0) is 30.2 Å². The van der Waals surface area contributed by atoms with Crippen molar-refractivity contribution in [2.24, 2.45) is 0 Å². The fourth-order valence-corrected chi connectivity index (χ4v) is 3.15. The van der Waals surface area contributed by atoms with Crippen molar-refractivity contribution in [2.75, 3.05) is 11.0 Å². The maximum Gasteiger partial charge on any atom is 0.251 e. The van der Waals surface area contributed by atoms with E-state index in [1.807, 2.05) is 37.3 Å². The molecule has 2 aromatic rings. The van der Waals surface area contributed by atoms with E-state index in [2.05, 4.69) is 10.0 Å². The van der Waals surface area contributed by atoms with E-state index in [1.54, 1.807) is 0 Å². The molecule has 2 rings (SSSR count). The normalized spacial score (nSPS) is 12.5. The maximum absolute atomic E-state index is 12.4. The van der Waals surface area contributed by atoms with E-state index in [4.69, 9.17) is 11.6 Å². The Bertz CT molecular complexity index is 823. The molecule has 0 aliphatic carbocycles. The predicted molar refractivity (Wildman–Crippen MR) is 96.9 cm³/mol. The molecule has 0 spiro atoms. The number of anilines is 1. The molecule has 0 radical (unpaired) electrons. The van der Waals surface area contributed by atoms with E-state index < -0.39 is 10.0 Å². The molecule has 5 nitrogen and oxygen atoms in total. The van der Waals surface area contributed by atoms with Gasteiger partial charge in [0.05, 0.1) is 23.0 Å². The van der Waals surface area contributed by atoms with Crippen LogP contribution < -0.4 is 10.0 Å². The number of carbonyl (C=O) groups is 1. The Morgan fingerprint density at radius 1 is 1.17 bits per heavy atom. The molecule has 0 bridgehead atoms. The topological polar surface area (TPSA) is 75.3 Å². The molecule has 0 aromatic heterocycles. The predicted octanol–water partition coefficient (Wildman–Crippen LogP) is 3.59. The van der Waals surface area contributed by atoms with Gasteiger partial charge in [0, 0.05) is 5.56 Å². The lowest BCUT2D eigenvalue weighted by Crippen LogP contribution is -2.28. The first-order chi connectivity index (χ1) is 11.3. The van der Waals surface area contributed by atoms with Crippen molar-refractivity contribution >= 4 is 33.2 Å². The first kappa shape index (κ1) is 18.3. The van der Waals surface area contributed by atoms with Crippen molar-refractivity contribution in [3.05, 3.63) is 64.7 Å². The molecule has 2 N–H and O–H groups in total. The number of amides is 1. The zero-order valence-electron chi connectivity index (χ0n) is 13.4.